The highest BCUT2D eigenvalue weighted by Gasteiger charge is 2.27. The number of thioether (sulfide) groups is 2. The second-order valence-corrected chi connectivity index (χ2v) is 7.40. The van der Waals surface area contributed by atoms with E-state index in [9.17, 15) is 4.79 Å². The van der Waals surface area contributed by atoms with Gasteiger partial charge in [0.1, 0.15) is 5.82 Å². The molecule has 0 spiro atoms. The zero-order valence-electron chi connectivity index (χ0n) is 11.3. The van der Waals surface area contributed by atoms with Crippen molar-refractivity contribution >= 4 is 29.5 Å². The van der Waals surface area contributed by atoms with Crippen molar-refractivity contribution in [1.29, 1.82) is 0 Å². The predicted octanol–water partition coefficient (Wildman–Crippen LogP) is 2.63. The second-order valence-electron chi connectivity index (χ2n) is 4.67. The monoisotopic (exact) mass is 298 g/mol. The Labute approximate surface area is 121 Å². The molecule has 104 valence electrons. The van der Waals surface area contributed by atoms with E-state index in [1.54, 1.807) is 0 Å². The molecule has 1 fully saturated rings. The molecule has 19 heavy (non-hydrogen) atoms. The fourth-order valence-electron chi connectivity index (χ4n) is 2.22. The summed E-state index contributed by atoms with van der Waals surface area (Å²) in [5, 5.41) is 9.73. The molecule has 0 aromatic carbocycles. The molecular weight excluding hydrogens is 280 g/mol. The molecular formula is C13H18N2O2S2. The van der Waals surface area contributed by atoms with Crippen LogP contribution >= 0.6 is 23.5 Å². The quantitative estimate of drug-likeness (QED) is 0.925. The zero-order chi connectivity index (χ0) is 14.0. The van der Waals surface area contributed by atoms with Gasteiger partial charge in [-0.25, -0.2) is 9.97 Å². The fourth-order valence-corrected chi connectivity index (χ4v) is 4.91. The third-order valence-corrected chi connectivity index (χ3v) is 6.29. The van der Waals surface area contributed by atoms with E-state index in [0.717, 1.165) is 28.5 Å². The van der Waals surface area contributed by atoms with Crippen LogP contribution in [0, 0.1) is 13.8 Å². The second kappa shape index (κ2) is 6.13. The lowest BCUT2D eigenvalue weighted by molar-refractivity contribution is -0.136. The average Bonchev–Trinajstić information content (AvgIpc) is 2.34. The van der Waals surface area contributed by atoms with E-state index in [1.165, 1.54) is 5.75 Å². The van der Waals surface area contributed by atoms with Gasteiger partial charge in [0.15, 0.2) is 0 Å². The van der Waals surface area contributed by atoms with Crippen LogP contribution in [0.1, 0.15) is 34.9 Å². The molecule has 1 aliphatic heterocycles. The number of rotatable bonds is 3. The third-order valence-electron chi connectivity index (χ3n) is 3.21. The number of hydrogen-bond donors (Lipinski definition) is 1. The van der Waals surface area contributed by atoms with Crippen molar-refractivity contribution in [1.82, 2.24) is 9.97 Å². The Morgan fingerprint density at radius 3 is 2.37 bits per heavy atom. The summed E-state index contributed by atoms with van der Waals surface area (Å²) in [5.74, 6) is 2.32. The highest BCUT2D eigenvalue weighted by atomic mass is 32.2. The Balaban J connectivity index is 2.30. The summed E-state index contributed by atoms with van der Waals surface area (Å²) in [6, 6.07) is 0. The minimum absolute atomic E-state index is 0.0000593. The van der Waals surface area contributed by atoms with Gasteiger partial charge in [0.25, 0.3) is 0 Å². The van der Waals surface area contributed by atoms with Gasteiger partial charge in [-0.1, -0.05) is 6.92 Å². The number of hydrogen-bond acceptors (Lipinski definition) is 5. The van der Waals surface area contributed by atoms with Crippen molar-refractivity contribution in [2.24, 2.45) is 0 Å². The third kappa shape index (κ3) is 3.42. The highest BCUT2D eigenvalue weighted by Crippen LogP contribution is 2.41. The Hall–Kier alpha value is -0.750. The number of aliphatic carboxylic acids is 1. The van der Waals surface area contributed by atoms with Gasteiger partial charge in [-0.05, 0) is 13.8 Å². The topological polar surface area (TPSA) is 63.1 Å². The first kappa shape index (κ1) is 14.7. The average molecular weight is 298 g/mol. The van der Waals surface area contributed by atoms with Crippen molar-refractivity contribution in [3.05, 3.63) is 22.8 Å². The zero-order valence-corrected chi connectivity index (χ0v) is 13.0. The van der Waals surface area contributed by atoms with Crippen LogP contribution in [0.15, 0.2) is 0 Å². The van der Waals surface area contributed by atoms with Crippen LogP contribution in [0.3, 0.4) is 0 Å². The number of aromatic nitrogens is 2. The maximum atomic E-state index is 10.8. The molecule has 4 nitrogen and oxygen atoms in total. The first-order valence-electron chi connectivity index (χ1n) is 6.28. The molecule has 1 saturated heterocycles. The summed E-state index contributed by atoms with van der Waals surface area (Å²) in [6.07, 6.45) is 0.0000593. The molecule has 6 heteroatoms. The molecule has 0 saturated carbocycles. The first-order chi connectivity index (χ1) is 8.99. The van der Waals surface area contributed by atoms with Crippen LogP contribution in [-0.2, 0) is 11.2 Å². The van der Waals surface area contributed by atoms with E-state index >= 15 is 0 Å². The number of carboxylic acid groups (broad SMARTS) is 1. The SMILES string of the molecule is Cc1nc(C2SCCSC2C)nc(C)c1CC(=O)O. The van der Waals surface area contributed by atoms with E-state index in [-0.39, 0.29) is 6.42 Å². The van der Waals surface area contributed by atoms with Crippen molar-refractivity contribution in [2.75, 3.05) is 11.5 Å². The Morgan fingerprint density at radius 2 is 1.84 bits per heavy atom. The minimum atomic E-state index is -0.835. The molecule has 0 bridgehead atoms. The van der Waals surface area contributed by atoms with Crippen LogP contribution in [0.4, 0.5) is 0 Å². The van der Waals surface area contributed by atoms with Gasteiger partial charge in [0.05, 0.1) is 11.7 Å². The molecule has 0 amide bonds. The Morgan fingerprint density at radius 1 is 1.26 bits per heavy atom. The van der Waals surface area contributed by atoms with E-state index in [4.69, 9.17) is 5.11 Å². The van der Waals surface area contributed by atoms with Gasteiger partial charge < -0.3 is 5.11 Å². The van der Waals surface area contributed by atoms with E-state index in [2.05, 4.69) is 16.9 Å². The van der Waals surface area contributed by atoms with Crippen molar-refractivity contribution in [3.63, 3.8) is 0 Å². The van der Waals surface area contributed by atoms with Gasteiger partial charge in [-0.2, -0.15) is 11.8 Å². The van der Waals surface area contributed by atoms with Crippen LogP contribution in [0.25, 0.3) is 0 Å². The van der Waals surface area contributed by atoms with Gasteiger partial charge in [0.2, 0.25) is 0 Å². The Bertz CT molecular complexity index is 471. The molecule has 1 aromatic heterocycles. The lowest BCUT2D eigenvalue weighted by Gasteiger charge is -2.27. The van der Waals surface area contributed by atoms with Gasteiger partial charge in [-0.15, -0.1) is 11.8 Å². The maximum absolute atomic E-state index is 10.8. The molecule has 0 radical (unpaired) electrons. The summed E-state index contributed by atoms with van der Waals surface area (Å²) < 4.78 is 0. The highest BCUT2D eigenvalue weighted by molar-refractivity contribution is 8.06. The minimum Gasteiger partial charge on any atom is -0.481 e. The summed E-state index contributed by atoms with van der Waals surface area (Å²) in [5.41, 5.74) is 2.35. The summed E-state index contributed by atoms with van der Waals surface area (Å²) >= 11 is 3.85. The number of carboxylic acids is 1. The van der Waals surface area contributed by atoms with Crippen LogP contribution < -0.4 is 0 Å². The number of nitrogens with zero attached hydrogens (tertiary/aromatic N) is 2. The normalized spacial score (nSPS) is 23.3. The molecule has 2 rings (SSSR count). The Kier molecular flexibility index (Phi) is 4.73. The van der Waals surface area contributed by atoms with Crippen molar-refractivity contribution in [2.45, 2.75) is 37.7 Å². The van der Waals surface area contributed by atoms with Crippen LogP contribution in [0.5, 0.6) is 0 Å². The molecule has 1 aromatic rings. The summed E-state index contributed by atoms with van der Waals surface area (Å²) in [7, 11) is 0. The smallest absolute Gasteiger partial charge is 0.307 e. The maximum Gasteiger partial charge on any atom is 0.307 e. The lowest BCUT2D eigenvalue weighted by Crippen LogP contribution is -2.20. The lowest BCUT2D eigenvalue weighted by atomic mass is 10.1. The first-order valence-corrected chi connectivity index (χ1v) is 8.37. The van der Waals surface area contributed by atoms with E-state index < -0.39 is 5.97 Å². The van der Waals surface area contributed by atoms with Crippen molar-refractivity contribution < 1.29 is 9.90 Å². The molecule has 1 aliphatic rings. The molecule has 2 unspecified atom stereocenters. The van der Waals surface area contributed by atoms with E-state index in [0.29, 0.717) is 10.5 Å². The van der Waals surface area contributed by atoms with Crippen LogP contribution in [0.2, 0.25) is 0 Å². The van der Waals surface area contributed by atoms with Gasteiger partial charge in [-0.3, -0.25) is 4.79 Å². The van der Waals surface area contributed by atoms with Gasteiger partial charge >= 0.3 is 5.97 Å². The van der Waals surface area contributed by atoms with Crippen molar-refractivity contribution in [3.8, 4) is 0 Å². The standard InChI is InChI=1S/C13H18N2O2S2/c1-7-10(6-11(16)17)8(2)15-13(14-7)12-9(3)18-4-5-19-12/h9,12H,4-6H2,1-3H3,(H,16,17). The fraction of sp³-hybridized carbons (Fsp3) is 0.615. The molecule has 1 N–H and O–H groups in total. The molecule has 2 heterocycles. The molecule has 2 atom stereocenters. The number of aryl methyl sites for hydroxylation is 2. The number of carbonyl (C=O) groups is 1. The van der Waals surface area contributed by atoms with E-state index in [1.807, 2.05) is 37.4 Å². The molecule has 0 aliphatic carbocycles. The van der Waals surface area contributed by atoms with Gasteiger partial charge in [0, 0.05) is 33.7 Å². The summed E-state index contributed by atoms with van der Waals surface area (Å²) in [6.45, 7) is 5.96. The largest absolute Gasteiger partial charge is 0.481 e. The summed E-state index contributed by atoms with van der Waals surface area (Å²) in [4.78, 5) is 20.0. The van der Waals surface area contributed by atoms with Crippen LogP contribution in [-0.4, -0.2) is 37.8 Å². The predicted molar refractivity (Wildman–Crippen MR) is 80.0 cm³/mol.